The fraction of sp³-hybridized carbons (Fsp3) is 0.250. The minimum Gasteiger partial charge on any atom is -0.378 e. The first-order chi connectivity index (χ1) is 10.6. The van der Waals surface area contributed by atoms with Gasteiger partial charge in [0, 0.05) is 39.6 Å². The maximum Gasteiger partial charge on any atom is 0.0877 e. The summed E-state index contributed by atoms with van der Waals surface area (Å²) in [6.07, 6.45) is 0. The zero-order valence-electron chi connectivity index (χ0n) is 13.3. The number of benzene rings is 2. The van der Waals surface area contributed by atoms with Crippen LogP contribution in [-0.4, -0.2) is 28.2 Å². The molecule has 0 aromatic heterocycles. The van der Waals surface area contributed by atoms with Crippen molar-refractivity contribution in [1.82, 2.24) is 0 Å². The standard InChI is InChI=1S/C16H20N6/c1-21(2)15-9-5-13(6-10-15)17-19-20-18-14-7-11-16(12-8-14)22(3)4/h5-12H,1-4H3. The Kier molecular flexibility index (Phi) is 5.19. The van der Waals surface area contributed by atoms with Gasteiger partial charge in [-0.3, -0.25) is 0 Å². The summed E-state index contributed by atoms with van der Waals surface area (Å²) in [6, 6.07) is 15.5. The lowest BCUT2D eigenvalue weighted by Crippen LogP contribution is -2.07. The van der Waals surface area contributed by atoms with Crippen molar-refractivity contribution in [2.45, 2.75) is 0 Å². The van der Waals surface area contributed by atoms with Gasteiger partial charge >= 0.3 is 0 Å². The van der Waals surface area contributed by atoms with Crippen molar-refractivity contribution in [3.63, 3.8) is 0 Å². The van der Waals surface area contributed by atoms with Crippen molar-refractivity contribution >= 4 is 22.7 Å². The number of rotatable bonds is 5. The van der Waals surface area contributed by atoms with Gasteiger partial charge < -0.3 is 9.80 Å². The first kappa shape index (κ1) is 15.6. The molecule has 6 nitrogen and oxygen atoms in total. The fourth-order valence-corrected chi connectivity index (χ4v) is 1.78. The molecule has 0 aliphatic carbocycles. The van der Waals surface area contributed by atoms with Crippen LogP contribution in [0.25, 0.3) is 0 Å². The number of hydrogen-bond acceptors (Lipinski definition) is 4. The minimum absolute atomic E-state index is 0.743. The summed E-state index contributed by atoms with van der Waals surface area (Å²) in [5.74, 6) is 0. The summed E-state index contributed by atoms with van der Waals surface area (Å²) >= 11 is 0. The summed E-state index contributed by atoms with van der Waals surface area (Å²) in [7, 11) is 7.97. The van der Waals surface area contributed by atoms with Gasteiger partial charge in [0.2, 0.25) is 0 Å². The summed E-state index contributed by atoms with van der Waals surface area (Å²) in [5.41, 5.74) is 3.71. The molecule has 0 heterocycles. The molecule has 22 heavy (non-hydrogen) atoms. The first-order valence-corrected chi connectivity index (χ1v) is 6.93. The Labute approximate surface area is 130 Å². The molecular weight excluding hydrogens is 276 g/mol. The van der Waals surface area contributed by atoms with Crippen LogP contribution in [0.4, 0.5) is 22.7 Å². The van der Waals surface area contributed by atoms with Crippen LogP contribution < -0.4 is 9.80 Å². The number of hydrogen-bond donors (Lipinski definition) is 0. The fourth-order valence-electron chi connectivity index (χ4n) is 1.78. The van der Waals surface area contributed by atoms with E-state index in [4.69, 9.17) is 0 Å². The Hall–Kier alpha value is -2.76. The Balaban J connectivity index is 1.96. The lowest BCUT2D eigenvalue weighted by atomic mass is 10.3. The van der Waals surface area contributed by atoms with Crippen molar-refractivity contribution in [2.75, 3.05) is 38.0 Å². The second-order valence-corrected chi connectivity index (χ2v) is 5.20. The van der Waals surface area contributed by atoms with Gasteiger partial charge in [-0.1, -0.05) is 0 Å². The van der Waals surface area contributed by atoms with Crippen molar-refractivity contribution in [1.29, 1.82) is 0 Å². The largest absolute Gasteiger partial charge is 0.378 e. The second kappa shape index (κ2) is 7.31. The Morgan fingerprint density at radius 2 is 0.864 bits per heavy atom. The van der Waals surface area contributed by atoms with Gasteiger partial charge in [0.15, 0.2) is 0 Å². The van der Waals surface area contributed by atoms with Crippen molar-refractivity contribution in [2.24, 2.45) is 20.7 Å². The zero-order valence-corrected chi connectivity index (χ0v) is 13.3. The topological polar surface area (TPSA) is 55.9 Å². The Morgan fingerprint density at radius 3 is 1.14 bits per heavy atom. The molecule has 0 unspecified atom stereocenters. The molecule has 0 aliphatic heterocycles. The summed E-state index contributed by atoms with van der Waals surface area (Å²) in [6.45, 7) is 0. The monoisotopic (exact) mass is 296 g/mol. The highest BCUT2D eigenvalue weighted by Gasteiger charge is 1.95. The van der Waals surface area contributed by atoms with E-state index in [0.29, 0.717) is 0 Å². The van der Waals surface area contributed by atoms with Crippen LogP contribution in [-0.2, 0) is 0 Å². The molecule has 2 aromatic rings. The quantitative estimate of drug-likeness (QED) is 0.598. The molecule has 0 bridgehead atoms. The van der Waals surface area contributed by atoms with E-state index in [9.17, 15) is 0 Å². The first-order valence-electron chi connectivity index (χ1n) is 6.93. The summed E-state index contributed by atoms with van der Waals surface area (Å²) in [5, 5.41) is 15.5. The smallest absolute Gasteiger partial charge is 0.0877 e. The van der Waals surface area contributed by atoms with Crippen LogP contribution >= 0.6 is 0 Å². The summed E-state index contributed by atoms with van der Waals surface area (Å²) in [4.78, 5) is 4.05. The molecule has 0 fully saturated rings. The highest BCUT2D eigenvalue weighted by atomic mass is 15.5. The maximum atomic E-state index is 4.01. The second-order valence-electron chi connectivity index (χ2n) is 5.20. The molecule has 0 radical (unpaired) electrons. The van der Waals surface area contributed by atoms with Gasteiger partial charge in [0.25, 0.3) is 0 Å². The van der Waals surface area contributed by atoms with Gasteiger partial charge in [-0.25, -0.2) is 0 Å². The SMILES string of the molecule is CN(C)c1ccc(N=NN=Nc2ccc(N(C)C)cc2)cc1. The van der Waals surface area contributed by atoms with E-state index in [1.165, 1.54) is 0 Å². The van der Waals surface area contributed by atoms with Crippen LogP contribution in [0.2, 0.25) is 0 Å². The van der Waals surface area contributed by atoms with Crippen LogP contribution in [0.1, 0.15) is 0 Å². The molecule has 2 aromatic carbocycles. The van der Waals surface area contributed by atoms with Gasteiger partial charge in [-0.2, -0.15) is 0 Å². The van der Waals surface area contributed by atoms with Crippen molar-refractivity contribution < 1.29 is 0 Å². The molecule has 6 heteroatoms. The molecule has 0 spiro atoms. The predicted octanol–water partition coefficient (Wildman–Crippen LogP) is 4.60. The van der Waals surface area contributed by atoms with Crippen molar-refractivity contribution in [3.05, 3.63) is 48.5 Å². The molecule has 0 saturated carbocycles. The van der Waals surface area contributed by atoms with Crippen LogP contribution in [0.5, 0.6) is 0 Å². The van der Waals surface area contributed by atoms with E-state index in [-0.39, 0.29) is 0 Å². The van der Waals surface area contributed by atoms with E-state index < -0.39 is 0 Å². The Morgan fingerprint density at radius 1 is 0.545 bits per heavy atom. The molecule has 0 atom stereocenters. The van der Waals surface area contributed by atoms with E-state index >= 15 is 0 Å². The lowest BCUT2D eigenvalue weighted by molar-refractivity contribution is 0.958. The third-order valence-corrected chi connectivity index (χ3v) is 3.09. The number of nitrogens with zero attached hydrogens (tertiary/aromatic N) is 6. The summed E-state index contributed by atoms with van der Waals surface area (Å²) < 4.78 is 0. The third kappa shape index (κ3) is 4.37. The maximum absolute atomic E-state index is 4.01. The highest BCUT2D eigenvalue weighted by molar-refractivity contribution is 5.52. The van der Waals surface area contributed by atoms with Crippen LogP contribution in [0, 0.1) is 0 Å². The zero-order chi connectivity index (χ0) is 15.9. The third-order valence-electron chi connectivity index (χ3n) is 3.09. The van der Waals surface area contributed by atoms with Crippen molar-refractivity contribution in [3.8, 4) is 0 Å². The van der Waals surface area contributed by atoms with E-state index in [1.807, 2.05) is 86.5 Å². The Bertz CT molecular complexity index is 582. The molecule has 0 N–H and O–H groups in total. The van der Waals surface area contributed by atoms with E-state index in [0.717, 1.165) is 22.7 Å². The predicted molar refractivity (Wildman–Crippen MR) is 90.6 cm³/mol. The normalized spacial score (nSPS) is 11.3. The van der Waals surface area contributed by atoms with E-state index in [1.54, 1.807) is 0 Å². The van der Waals surface area contributed by atoms with Gasteiger partial charge in [-0.05, 0) is 59.0 Å². The molecule has 0 saturated heterocycles. The van der Waals surface area contributed by atoms with Gasteiger partial charge in [0.1, 0.15) is 0 Å². The van der Waals surface area contributed by atoms with Gasteiger partial charge in [-0.15, -0.1) is 10.2 Å². The average molecular weight is 296 g/mol. The van der Waals surface area contributed by atoms with E-state index in [2.05, 4.69) is 20.7 Å². The highest BCUT2D eigenvalue weighted by Crippen LogP contribution is 2.20. The van der Waals surface area contributed by atoms with Crippen LogP contribution in [0.15, 0.2) is 69.2 Å². The van der Waals surface area contributed by atoms with Crippen LogP contribution in [0.3, 0.4) is 0 Å². The average Bonchev–Trinajstić information content (AvgIpc) is 2.52. The molecule has 0 aliphatic rings. The molecule has 114 valence electrons. The van der Waals surface area contributed by atoms with Gasteiger partial charge in [0.05, 0.1) is 11.4 Å². The lowest BCUT2D eigenvalue weighted by Gasteiger charge is -2.11. The molecule has 0 amide bonds. The number of anilines is 2. The molecular formula is C16H20N6. The molecule has 2 rings (SSSR count). The minimum atomic E-state index is 0.743.